The van der Waals surface area contributed by atoms with Crippen molar-refractivity contribution in [2.75, 3.05) is 19.7 Å². The molecule has 1 amide bonds. The minimum Gasteiger partial charge on any atom is -0.376 e. The van der Waals surface area contributed by atoms with Crippen molar-refractivity contribution in [3.8, 4) is 0 Å². The van der Waals surface area contributed by atoms with Crippen molar-refractivity contribution < 1.29 is 13.9 Å². The molecule has 1 aliphatic rings. The predicted octanol–water partition coefficient (Wildman–Crippen LogP) is 3.23. The average molecular weight is 330 g/mol. The van der Waals surface area contributed by atoms with Crippen molar-refractivity contribution >= 4 is 21.8 Å². The van der Waals surface area contributed by atoms with E-state index in [9.17, 15) is 9.18 Å². The molecular formula is C14H17BrFNO2. The first-order valence-corrected chi connectivity index (χ1v) is 7.27. The van der Waals surface area contributed by atoms with Gasteiger partial charge in [0.1, 0.15) is 5.82 Å². The smallest absolute Gasteiger partial charge is 0.255 e. The van der Waals surface area contributed by atoms with Gasteiger partial charge in [0.2, 0.25) is 0 Å². The van der Waals surface area contributed by atoms with Crippen LogP contribution in [0.3, 0.4) is 0 Å². The third-order valence-corrected chi connectivity index (χ3v) is 4.10. The molecule has 3 nitrogen and oxygen atoms in total. The number of amides is 1. The second-order valence-corrected chi connectivity index (χ2v) is 5.37. The number of ether oxygens (including phenoxy) is 1. The fourth-order valence-electron chi connectivity index (χ4n) is 2.23. The van der Waals surface area contributed by atoms with E-state index in [0.717, 1.165) is 19.4 Å². The Balaban J connectivity index is 2.13. The molecule has 1 aromatic rings. The Morgan fingerprint density at radius 3 is 3.00 bits per heavy atom. The summed E-state index contributed by atoms with van der Waals surface area (Å²) in [6.07, 6.45) is 2.13. The Bertz CT molecular complexity index is 461. The van der Waals surface area contributed by atoms with Crippen LogP contribution in [0.15, 0.2) is 22.7 Å². The lowest BCUT2D eigenvalue weighted by molar-refractivity contribution is 0.0538. The molecular weight excluding hydrogens is 313 g/mol. The molecule has 1 aromatic carbocycles. The molecule has 0 spiro atoms. The molecule has 1 fully saturated rings. The summed E-state index contributed by atoms with van der Waals surface area (Å²) < 4.78 is 19.2. The van der Waals surface area contributed by atoms with Crippen LogP contribution in [0.25, 0.3) is 0 Å². The maximum Gasteiger partial charge on any atom is 0.255 e. The number of carbonyl (C=O) groups excluding carboxylic acids is 1. The van der Waals surface area contributed by atoms with Crippen LogP contribution in [0, 0.1) is 5.82 Å². The van der Waals surface area contributed by atoms with Gasteiger partial charge in [0.15, 0.2) is 0 Å². The van der Waals surface area contributed by atoms with Gasteiger partial charge >= 0.3 is 0 Å². The fraction of sp³-hybridized carbons (Fsp3) is 0.500. The van der Waals surface area contributed by atoms with Gasteiger partial charge in [-0.3, -0.25) is 4.79 Å². The van der Waals surface area contributed by atoms with Crippen molar-refractivity contribution in [2.45, 2.75) is 25.9 Å². The van der Waals surface area contributed by atoms with Crippen molar-refractivity contribution in [2.24, 2.45) is 0 Å². The van der Waals surface area contributed by atoms with Gasteiger partial charge < -0.3 is 9.64 Å². The number of nitrogens with zero attached hydrogens (tertiary/aromatic N) is 1. The van der Waals surface area contributed by atoms with E-state index in [1.54, 1.807) is 17.0 Å². The van der Waals surface area contributed by atoms with Crippen LogP contribution < -0.4 is 0 Å². The van der Waals surface area contributed by atoms with Crippen LogP contribution in [0.5, 0.6) is 0 Å². The zero-order valence-corrected chi connectivity index (χ0v) is 12.5. The van der Waals surface area contributed by atoms with Gasteiger partial charge in [-0.2, -0.15) is 0 Å². The van der Waals surface area contributed by atoms with E-state index in [0.29, 0.717) is 18.7 Å². The minimum atomic E-state index is -0.418. The maximum atomic E-state index is 13.5. The van der Waals surface area contributed by atoms with E-state index in [4.69, 9.17) is 4.74 Å². The Morgan fingerprint density at radius 2 is 2.37 bits per heavy atom. The van der Waals surface area contributed by atoms with Crippen LogP contribution in [-0.4, -0.2) is 36.6 Å². The third kappa shape index (κ3) is 3.34. The molecule has 1 unspecified atom stereocenters. The Kier molecular flexibility index (Phi) is 4.93. The first-order chi connectivity index (χ1) is 9.13. The van der Waals surface area contributed by atoms with Gasteiger partial charge in [-0.25, -0.2) is 4.39 Å². The summed E-state index contributed by atoms with van der Waals surface area (Å²) in [5.41, 5.74) is 0.361. The molecule has 0 bridgehead atoms. The lowest BCUT2D eigenvalue weighted by Crippen LogP contribution is -2.37. The third-order valence-electron chi connectivity index (χ3n) is 3.30. The van der Waals surface area contributed by atoms with Gasteiger partial charge in [-0.15, -0.1) is 0 Å². The van der Waals surface area contributed by atoms with E-state index in [1.165, 1.54) is 6.07 Å². The zero-order chi connectivity index (χ0) is 13.8. The number of rotatable bonds is 4. The molecule has 1 aliphatic heterocycles. The summed E-state index contributed by atoms with van der Waals surface area (Å²) in [5, 5.41) is 0. The standard InChI is InChI=1S/C14H17BrFNO2/c1-2-17(9-10-5-4-8-19-10)14(18)11-6-3-7-12(16)13(11)15/h3,6-7,10H,2,4-5,8-9H2,1H3. The summed E-state index contributed by atoms with van der Waals surface area (Å²) in [6.45, 7) is 3.83. The predicted molar refractivity (Wildman–Crippen MR) is 74.7 cm³/mol. The van der Waals surface area contributed by atoms with E-state index >= 15 is 0 Å². The number of hydrogen-bond donors (Lipinski definition) is 0. The first kappa shape index (κ1) is 14.5. The van der Waals surface area contributed by atoms with Gasteiger partial charge in [0, 0.05) is 19.7 Å². The minimum absolute atomic E-state index is 0.108. The quantitative estimate of drug-likeness (QED) is 0.848. The fourth-order valence-corrected chi connectivity index (χ4v) is 2.66. The molecule has 0 aliphatic carbocycles. The second kappa shape index (κ2) is 6.48. The second-order valence-electron chi connectivity index (χ2n) is 4.58. The Morgan fingerprint density at radius 1 is 1.58 bits per heavy atom. The largest absolute Gasteiger partial charge is 0.376 e. The molecule has 0 N–H and O–H groups in total. The lowest BCUT2D eigenvalue weighted by Gasteiger charge is -2.24. The molecule has 1 saturated heterocycles. The van der Waals surface area contributed by atoms with Crippen molar-refractivity contribution in [1.29, 1.82) is 0 Å². The summed E-state index contributed by atoms with van der Waals surface area (Å²) in [7, 11) is 0. The highest BCUT2D eigenvalue weighted by atomic mass is 79.9. The number of carbonyl (C=O) groups is 1. The SMILES string of the molecule is CCN(CC1CCCO1)C(=O)c1cccc(F)c1Br. The molecule has 1 atom stereocenters. The van der Waals surface area contributed by atoms with Crippen LogP contribution in [-0.2, 0) is 4.74 Å². The topological polar surface area (TPSA) is 29.5 Å². The Hall–Kier alpha value is -0.940. The van der Waals surface area contributed by atoms with E-state index in [-0.39, 0.29) is 16.5 Å². The van der Waals surface area contributed by atoms with Crippen molar-refractivity contribution in [3.63, 3.8) is 0 Å². The summed E-state index contributed by atoms with van der Waals surface area (Å²) in [4.78, 5) is 14.1. The van der Waals surface area contributed by atoms with Gasteiger partial charge in [-0.05, 0) is 47.8 Å². The van der Waals surface area contributed by atoms with Crippen LogP contribution in [0.1, 0.15) is 30.1 Å². The zero-order valence-electron chi connectivity index (χ0n) is 10.9. The highest BCUT2D eigenvalue weighted by Crippen LogP contribution is 2.22. The lowest BCUT2D eigenvalue weighted by atomic mass is 10.1. The number of likely N-dealkylation sites (N-methyl/N-ethyl adjacent to an activating group) is 1. The summed E-state index contributed by atoms with van der Waals surface area (Å²) in [6, 6.07) is 4.51. The molecule has 0 aromatic heterocycles. The average Bonchev–Trinajstić information content (AvgIpc) is 2.91. The monoisotopic (exact) mass is 329 g/mol. The molecule has 19 heavy (non-hydrogen) atoms. The maximum absolute atomic E-state index is 13.5. The normalized spacial score (nSPS) is 18.6. The number of hydrogen-bond acceptors (Lipinski definition) is 2. The summed E-state index contributed by atoms with van der Waals surface area (Å²) >= 11 is 3.14. The van der Waals surface area contributed by atoms with Crippen LogP contribution >= 0.6 is 15.9 Å². The highest BCUT2D eigenvalue weighted by Gasteiger charge is 2.24. The van der Waals surface area contributed by atoms with Crippen molar-refractivity contribution in [3.05, 3.63) is 34.1 Å². The highest BCUT2D eigenvalue weighted by molar-refractivity contribution is 9.10. The van der Waals surface area contributed by atoms with Gasteiger partial charge in [0.25, 0.3) is 5.91 Å². The van der Waals surface area contributed by atoms with E-state index in [1.807, 2.05) is 6.92 Å². The van der Waals surface area contributed by atoms with Gasteiger partial charge in [0.05, 0.1) is 16.1 Å². The van der Waals surface area contributed by atoms with Crippen LogP contribution in [0.2, 0.25) is 0 Å². The molecule has 5 heteroatoms. The molecule has 0 radical (unpaired) electrons. The Labute approximate surface area is 120 Å². The van der Waals surface area contributed by atoms with Crippen molar-refractivity contribution in [1.82, 2.24) is 4.90 Å². The summed E-state index contributed by atoms with van der Waals surface area (Å²) in [5.74, 6) is -0.580. The molecule has 2 rings (SSSR count). The number of benzene rings is 1. The molecule has 0 saturated carbocycles. The van der Waals surface area contributed by atoms with Crippen LogP contribution in [0.4, 0.5) is 4.39 Å². The number of halogens is 2. The van der Waals surface area contributed by atoms with E-state index in [2.05, 4.69) is 15.9 Å². The van der Waals surface area contributed by atoms with E-state index < -0.39 is 5.82 Å². The van der Waals surface area contributed by atoms with Gasteiger partial charge in [-0.1, -0.05) is 6.07 Å². The molecule has 104 valence electrons. The molecule has 1 heterocycles. The first-order valence-electron chi connectivity index (χ1n) is 6.48.